The summed E-state index contributed by atoms with van der Waals surface area (Å²) in [7, 11) is 0. The smallest absolute Gasteiger partial charge is 0.0949 e. The summed E-state index contributed by atoms with van der Waals surface area (Å²) >= 11 is 0. The van der Waals surface area contributed by atoms with Crippen molar-refractivity contribution in [3.05, 3.63) is 48.5 Å². The first kappa shape index (κ1) is 11.3. The highest BCUT2D eigenvalue weighted by atomic mass is 15.0. The maximum Gasteiger partial charge on any atom is 0.0949 e. The van der Waals surface area contributed by atoms with E-state index in [1.807, 2.05) is 18.7 Å². The molecule has 0 radical (unpaired) electrons. The van der Waals surface area contributed by atoms with Crippen LogP contribution < -0.4 is 5.32 Å². The molecule has 0 aliphatic heterocycles. The number of anilines is 1. The standard InChI is InChI=1S/C15H19N3/c1-12(14-5-6-14)17-15-4-2-3-13(9-15)10-18-8-7-16-11-18/h2-4,7-9,11-12,14,17H,5-6,10H2,1H3. The van der Waals surface area contributed by atoms with Crippen LogP contribution in [0.3, 0.4) is 0 Å². The van der Waals surface area contributed by atoms with E-state index in [1.165, 1.54) is 24.1 Å². The lowest BCUT2D eigenvalue weighted by molar-refractivity contribution is 0.694. The van der Waals surface area contributed by atoms with Crippen LogP contribution in [0.4, 0.5) is 5.69 Å². The van der Waals surface area contributed by atoms with Crippen LogP contribution in [0.25, 0.3) is 0 Å². The van der Waals surface area contributed by atoms with Crippen molar-refractivity contribution in [2.24, 2.45) is 5.92 Å². The highest BCUT2D eigenvalue weighted by molar-refractivity contribution is 5.46. The fourth-order valence-corrected chi connectivity index (χ4v) is 2.33. The zero-order valence-electron chi connectivity index (χ0n) is 10.7. The number of hydrogen-bond acceptors (Lipinski definition) is 2. The lowest BCUT2D eigenvalue weighted by atomic mass is 10.1. The second-order valence-corrected chi connectivity index (χ2v) is 5.21. The van der Waals surface area contributed by atoms with E-state index in [9.17, 15) is 0 Å². The summed E-state index contributed by atoms with van der Waals surface area (Å²) in [6.45, 7) is 3.16. The summed E-state index contributed by atoms with van der Waals surface area (Å²) in [5.74, 6) is 0.877. The molecule has 1 saturated carbocycles. The zero-order chi connectivity index (χ0) is 12.4. The molecule has 18 heavy (non-hydrogen) atoms. The van der Waals surface area contributed by atoms with E-state index in [0.717, 1.165) is 12.5 Å². The van der Waals surface area contributed by atoms with Crippen molar-refractivity contribution in [3.63, 3.8) is 0 Å². The van der Waals surface area contributed by atoms with Crippen LogP contribution in [0.15, 0.2) is 43.0 Å². The maximum atomic E-state index is 4.07. The van der Waals surface area contributed by atoms with Crippen LogP contribution >= 0.6 is 0 Å². The van der Waals surface area contributed by atoms with Gasteiger partial charge < -0.3 is 9.88 Å². The number of hydrogen-bond donors (Lipinski definition) is 1. The topological polar surface area (TPSA) is 29.9 Å². The van der Waals surface area contributed by atoms with Crippen LogP contribution in [0.1, 0.15) is 25.3 Å². The normalized spacial score (nSPS) is 16.5. The minimum Gasteiger partial charge on any atom is -0.382 e. The highest BCUT2D eigenvalue weighted by Crippen LogP contribution is 2.34. The van der Waals surface area contributed by atoms with Gasteiger partial charge in [-0.05, 0) is 43.4 Å². The summed E-state index contributed by atoms with van der Waals surface area (Å²) in [4.78, 5) is 4.07. The SMILES string of the molecule is CC(Nc1cccc(Cn2ccnc2)c1)C1CC1. The third-order valence-corrected chi connectivity index (χ3v) is 3.57. The number of nitrogens with one attached hydrogen (secondary N) is 1. The van der Waals surface area contributed by atoms with Gasteiger partial charge in [0.05, 0.1) is 6.33 Å². The van der Waals surface area contributed by atoms with Gasteiger partial charge in [-0.1, -0.05) is 12.1 Å². The lowest BCUT2D eigenvalue weighted by Gasteiger charge is -2.15. The summed E-state index contributed by atoms with van der Waals surface area (Å²) in [5.41, 5.74) is 2.54. The summed E-state index contributed by atoms with van der Waals surface area (Å²) in [6.07, 6.45) is 8.42. The van der Waals surface area contributed by atoms with E-state index in [-0.39, 0.29) is 0 Å². The molecule has 1 aromatic carbocycles. The van der Waals surface area contributed by atoms with Gasteiger partial charge in [0, 0.05) is 30.7 Å². The molecule has 1 atom stereocenters. The summed E-state index contributed by atoms with van der Waals surface area (Å²) in [5, 5.41) is 3.60. The first-order chi connectivity index (χ1) is 8.81. The van der Waals surface area contributed by atoms with Gasteiger partial charge in [-0.15, -0.1) is 0 Å². The second kappa shape index (κ2) is 4.84. The fraction of sp³-hybridized carbons (Fsp3) is 0.400. The van der Waals surface area contributed by atoms with Crippen LogP contribution in [0.2, 0.25) is 0 Å². The Hall–Kier alpha value is -1.77. The number of aromatic nitrogens is 2. The van der Waals surface area contributed by atoms with Crippen LogP contribution in [-0.2, 0) is 6.54 Å². The van der Waals surface area contributed by atoms with Crippen LogP contribution in [0, 0.1) is 5.92 Å². The molecule has 0 bridgehead atoms. The largest absolute Gasteiger partial charge is 0.382 e. The summed E-state index contributed by atoms with van der Waals surface area (Å²) < 4.78 is 2.09. The molecule has 1 heterocycles. The van der Waals surface area contributed by atoms with E-state index in [1.54, 1.807) is 0 Å². The molecule has 1 aromatic heterocycles. The maximum absolute atomic E-state index is 4.07. The van der Waals surface area contributed by atoms with Gasteiger partial charge in [0.15, 0.2) is 0 Å². The molecule has 0 spiro atoms. The van der Waals surface area contributed by atoms with Gasteiger partial charge >= 0.3 is 0 Å². The van der Waals surface area contributed by atoms with E-state index in [0.29, 0.717) is 6.04 Å². The summed E-state index contributed by atoms with van der Waals surface area (Å²) in [6, 6.07) is 9.25. The zero-order valence-corrected chi connectivity index (χ0v) is 10.7. The molecule has 3 rings (SSSR count). The van der Waals surface area contributed by atoms with Crippen molar-refractivity contribution in [2.75, 3.05) is 5.32 Å². The molecule has 1 aliphatic carbocycles. The van der Waals surface area contributed by atoms with Crippen LogP contribution in [-0.4, -0.2) is 15.6 Å². The minimum atomic E-state index is 0.591. The fourth-order valence-electron chi connectivity index (χ4n) is 2.33. The Bertz CT molecular complexity index is 500. The first-order valence-corrected chi connectivity index (χ1v) is 6.62. The molecular weight excluding hydrogens is 222 g/mol. The quantitative estimate of drug-likeness (QED) is 0.871. The van der Waals surface area contributed by atoms with E-state index in [4.69, 9.17) is 0 Å². The monoisotopic (exact) mass is 241 g/mol. The molecule has 0 amide bonds. The predicted octanol–water partition coefficient (Wildman–Crippen LogP) is 3.14. The Labute approximate surface area is 108 Å². The minimum absolute atomic E-state index is 0.591. The van der Waals surface area contributed by atoms with Gasteiger partial charge in [0.2, 0.25) is 0 Å². The van der Waals surface area contributed by atoms with Gasteiger partial charge in [-0.2, -0.15) is 0 Å². The number of imidazole rings is 1. The van der Waals surface area contributed by atoms with Gasteiger partial charge in [-0.3, -0.25) is 0 Å². The van der Waals surface area contributed by atoms with Crippen molar-refractivity contribution in [1.82, 2.24) is 9.55 Å². The van der Waals surface area contributed by atoms with E-state index in [2.05, 4.69) is 46.1 Å². The molecular formula is C15H19N3. The first-order valence-electron chi connectivity index (χ1n) is 6.62. The number of rotatable bonds is 5. The lowest BCUT2D eigenvalue weighted by Crippen LogP contribution is -2.17. The van der Waals surface area contributed by atoms with Crippen molar-refractivity contribution < 1.29 is 0 Å². The predicted molar refractivity (Wildman–Crippen MR) is 73.6 cm³/mol. The van der Waals surface area contributed by atoms with Crippen molar-refractivity contribution in [1.29, 1.82) is 0 Å². The van der Waals surface area contributed by atoms with E-state index < -0.39 is 0 Å². The molecule has 3 heteroatoms. The Balaban J connectivity index is 1.68. The van der Waals surface area contributed by atoms with Gasteiger partial charge in [-0.25, -0.2) is 4.98 Å². The Kier molecular flexibility index (Phi) is 3.05. The highest BCUT2D eigenvalue weighted by Gasteiger charge is 2.27. The average Bonchev–Trinajstić information content (AvgIpc) is 3.10. The molecule has 2 aromatic rings. The van der Waals surface area contributed by atoms with Crippen molar-refractivity contribution in [2.45, 2.75) is 32.4 Å². The molecule has 3 nitrogen and oxygen atoms in total. The second-order valence-electron chi connectivity index (χ2n) is 5.21. The number of nitrogens with zero attached hydrogens (tertiary/aromatic N) is 2. The van der Waals surface area contributed by atoms with Crippen molar-refractivity contribution >= 4 is 5.69 Å². The molecule has 94 valence electrons. The van der Waals surface area contributed by atoms with Crippen LogP contribution in [0.5, 0.6) is 0 Å². The Morgan fingerprint density at radius 2 is 2.33 bits per heavy atom. The third kappa shape index (κ3) is 2.73. The third-order valence-electron chi connectivity index (χ3n) is 3.57. The van der Waals surface area contributed by atoms with E-state index >= 15 is 0 Å². The Morgan fingerprint density at radius 1 is 1.44 bits per heavy atom. The molecule has 0 saturated heterocycles. The Morgan fingerprint density at radius 3 is 3.06 bits per heavy atom. The average molecular weight is 241 g/mol. The van der Waals surface area contributed by atoms with Crippen molar-refractivity contribution in [3.8, 4) is 0 Å². The molecule has 1 unspecified atom stereocenters. The molecule has 1 N–H and O–H groups in total. The number of benzene rings is 1. The van der Waals surface area contributed by atoms with Gasteiger partial charge in [0.1, 0.15) is 0 Å². The molecule has 1 aliphatic rings. The van der Waals surface area contributed by atoms with Gasteiger partial charge in [0.25, 0.3) is 0 Å². The molecule has 1 fully saturated rings.